The number of alkyl halides is 3. The van der Waals surface area contributed by atoms with E-state index in [9.17, 15) is 18.3 Å². The van der Waals surface area contributed by atoms with Crippen molar-refractivity contribution < 1.29 is 23.0 Å². The second kappa shape index (κ2) is 8.41. The highest BCUT2D eigenvalue weighted by Gasteiger charge is 2.35. The van der Waals surface area contributed by atoms with Crippen LogP contribution in [0.3, 0.4) is 0 Å². The number of nitrogens with zero attached hydrogens (tertiary/aromatic N) is 2. The zero-order valence-corrected chi connectivity index (χ0v) is 18.4. The normalized spacial score (nSPS) is 12.1. The van der Waals surface area contributed by atoms with E-state index in [-0.39, 0.29) is 17.1 Å². The Morgan fingerprint density at radius 2 is 1.55 bits per heavy atom. The minimum absolute atomic E-state index is 0.0627. The molecule has 4 rings (SSSR count). The van der Waals surface area contributed by atoms with Gasteiger partial charge in [0, 0.05) is 17.4 Å². The van der Waals surface area contributed by atoms with E-state index >= 15 is 0 Å². The summed E-state index contributed by atoms with van der Waals surface area (Å²) in [4.78, 5) is 4.43. The minimum atomic E-state index is -4.55. The summed E-state index contributed by atoms with van der Waals surface area (Å²) in [5.74, 6) is 0.799. The van der Waals surface area contributed by atoms with Crippen molar-refractivity contribution in [1.82, 2.24) is 9.55 Å². The van der Waals surface area contributed by atoms with Gasteiger partial charge in [0.15, 0.2) is 0 Å². The third-order valence-electron chi connectivity index (χ3n) is 5.33. The molecular weight excluding hydrogens is 429 g/mol. The maximum absolute atomic E-state index is 13.8. The van der Waals surface area contributed by atoms with Crippen LogP contribution in [0.2, 0.25) is 0 Å². The zero-order chi connectivity index (χ0) is 23.8. The number of hydrogen-bond donors (Lipinski definition) is 1. The highest BCUT2D eigenvalue weighted by molar-refractivity contribution is 5.70. The lowest BCUT2D eigenvalue weighted by atomic mass is 10.0. The third kappa shape index (κ3) is 4.64. The lowest BCUT2D eigenvalue weighted by Gasteiger charge is -2.15. The number of benzene rings is 3. The van der Waals surface area contributed by atoms with Crippen LogP contribution < -0.4 is 4.74 Å². The molecule has 3 aromatic carbocycles. The number of aromatic nitrogens is 2. The highest BCUT2D eigenvalue weighted by atomic mass is 19.4. The molecule has 1 N–H and O–H groups in total. The van der Waals surface area contributed by atoms with Gasteiger partial charge in [0.25, 0.3) is 0 Å². The van der Waals surface area contributed by atoms with E-state index in [4.69, 9.17) is 4.74 Å². The molecule has 0 saturated heterocycles. The molecule has 0 radical (unpaired) electrons. The number of methoxy groups -OCH3 is 1. The third-order valence-corrected chi connectivity index (χ3v) is 5.33. The molecule has 0 unspecified atom stereocenters. The van der Waals surface area contributed by atoms with Crippen molar-refractivity contribution in [3.05, 3.63) is 90.3 Å². The first-order chi connectivity index (χ1) is 15.6. The first-order valence-electron chi connectivity index (χ1n) is 10.3. The maximum Gasteiger partial charge on any atom is 0.417 e. The van der Waals surface area contributed by atoms with E-state index in [0.717, 1.165) is 17.2 Å². The predicted octanol–water partition coefficient (Wildman–Crippen LogP) is 6.46. The molecule has 1 heterocycles. The van der Waals surface area contributed by atoms with Gasteiger partial charge in [-0.2, -0.15) is 13.2 Å². The summed E-state index contributed by atoms with van der Waals surface area (Å²) in [6.45, 7) is 3.09. The summed E-state index contributed by atoms with van der Waals surface area (Å²) < 4.78 is 48.2. The SMILES string of the molecule is COc1cccc(-c2cccc(-n3cc(C(C)(C)O)nc3-c3ccccc3C(F)(F)F)c2)c1. The lowest BCUT2D eigenvalue weighted by Crippen LogP contribution is -2.15. The molecule has 7 heteroatoms. The molecule has 0 spiro atoms. The molecular formula is C26H23F3N2O2. The minimum Gasteiger partial charge on any atom is -0.497 e. The van der Waals surface area contributed by atoms with Gasteiger partial charge < -0.3 is 9.84 Å². The summed E-state index contributed by atoms with van der Waals surface area (Å²) in [7, 11) is 1.59. The van der Waals surface area contributed by atoms with Gasteiger partial charge in [0.2, 0.25) is 0 Å². The molecule has 4 nitrogen and oxygen atoms in total. The second-order valence-electron chi connectivity index (χ2n) is 8.20. The van der Waals surface area contributed by atoms with Gasteiger partial charge >= 0.3 is 6.18 Å². The van der Waals surface area contributed by atoms with E-state index in [1.165, 1.54) is 12.1 Å². The van der Waals surface area contributed by atoms with Gasteiger partial charge in [-0.1, -0.05) is 42.5 Å². The van der Waals surface area contributed by atoms with E-state index in [0.29, 0.717) is 11.4 Å². The molecule has 0 aliphatic rings. The molecule has 1 aromatic heterocycles. The van der Waals surface area contributed by atoms with Gasteiger partial charge in [0.05, 0.1) is 18.4 Å². The Morgan fingerprint density at radius 3 is 2.21 bits per heavy atom. The van der Waals surface area contributed by atoms with Crippen LogP contribution in [0.15, 0.2) is 79.0 Å². The molecule has 0 aliphatic carbocycles. The standard InChI is InChI=1S/C26H23F3N2O2/c1-25(2,32)23-16-31(24(30-23)21-12-4-5-13-22(21)26(27,28)29)19-10-6-8-17(14-19)18-9-7-11-20(15-18)33-3/h4-16,32H,1-3H3. The Morgan fingerprint density at radius 1 is 0.879 bits per heavy atom. The largest absolute Gasteiger partial charge is 0.497 e. The van der Waals surface area contributed by atoms with Crippen LogP contribution in [0.4, 0.5) is 13.2 Å². The average Bonchev–Trinajstić information content (AvgIpc) is 3.25. The topological polar surface area (TPSA) is 47.3 Å². The number of rotatable bonds is 5. The van der Waals surface area contributed by atoms with Crippen LogP contribution in [0.25, 0.3) is 28.2 Å². The smallest absolute Gasteiger partial charge is 0.417 e. The van der Waals surface area contributed by atoms with Gasteiger partial charge in [-0.25, -0.2) is 4.98 Å². The number of halogens is 3. The number of ether oxygens (including phenoxy) is 1. The number of aliphatic hydroxyl groups is 1. The van der Waals surface area contributed by atoms with E-state index in [1.807, 2.05) is 42.5 Å². The Kier molecular flexibility index (Phi) is 5.76. The summed E-state index contributed by atoms with van der Waals surface area (Å²) in [5, 5.41) is 10.5. The maximum atomic E-state index is 13.8. The summed E-state index contributed by atoms with van der Waals surface area (Å²) >= 11 is 0. The molecule has 0 atom stereocenters. The molecule has 0 fully saturated rings. The van der Waals surface area contributed by atoms with Crippen molar-refractivity contribution in [3.63, 3.8) is 0 Å². The quantitative estimate of drug-likeness (QED) is 0.378. The van der Waals surface area contributed by atoms with Crippen molar-refractivity contribution in [2.24, 2.45) is 0 Å². The first kappa shape index (κ1) is 22.6. The fourth-order valence-corrected chi connectivity index (χ4v) is 3.63. The second-order valence-corrected chi connectivity index (χ2v) is 8.20. The number of imidazole rings is 1. The van der Waals surface area contributed by atoms with Gasteiger partial charge in [0.1, 0.15) is 17.2 Å². The van der Waals surface area contributed by atoms with Crippen molar-refractivity contribution in [3.8, 4) is 34.0 Å². The molecule has 0 bridgehead atoms. The van der Waals surface area contributed by atoms with Crippen LogP contribution >= 0.6 is 0 Å². The van der Waals surface area contributed by atoms with Crippen molar-refractivity contribution >= 4 is 0 Å². The monoisotopic (exact) mass is 452 g/mol. The van der Waals surface area contributed by atoms with Crippen LogP contribution in [-0.2, 0) is 11.8 Å². The Labute approximate surface area is 189 Å². The molecule has 0 aliphatic heterocycles. The Hall–Kier alpha value is -3.58. The summed E-state index contributed by atoms with van der Waals surface area (Å²) in [5.41, 5.74) is 0.454. The molecule has 4 aromatic rings. The van der Waals surface area contributed by atoms with Crippen molar-refractivity contribution in [2.45, 2.75) is 25.6 Å². The van der Waals surface area contributed by atoms with E-state index < -0.39 is 17.3 Å². The zero-order valence-electron chi connectivity index (χ0n) is 18.4. The first-order valence-corrected chi connectivity index (χ1v) is 10.3. The fraction of sp³-hybridized carbons (Fsp3) is 0.192. The molecule has 33 heavy (non-hydrogen) atoms. The molecule has 0 saturated carbocycles. The summed E-state index contributed by atoms with van der Waals surface area (Å²) in [6.07, 6.45) is -2.97. The lowest BCUT2D eigenvalue weighted by molar-refractivity contribution is -0.137. The van der Waals surface area contributed by atoms with E-state index in [1.54, 1.807) is 43.9 Å². The highest BCUT2D eigenvalue weighted by Crippen LogP contribution is 2.38. The Balaban J connectivity index is 1.92. The van der Waals surface area contributed by atoms with Crippen LogP contribution in [0.5, 0.6) is 5.75 Å². The molecule has 170 valence electrons. The van der Waals surface area contributed by atoms with Gasteiger partial charge in [-0.3, -0.25) is 4.57 Å². The van der Waals surface area contributed by atoms with Crippen molar-refractivity contribution in [2.75, 3.05) is 7.11 Å². The van der Waals surface area contributed by atoms with Crippen molar-refractivity contribution in [1.29, 1.82) is 0 Å². The predicted molar refractivity (Wildman–Crippen MR) is 121 cm³/mol. The fourth-order valence-electron chi connectivity index (χ4n) is 3.63. The summed E-state index contributed by atoms with van der Waals surface area (Å²) in [6, 6.07) is 20.2. The molecule has 0 amide bonds. The van der Waals surface area contributed by atoms with E-state index in [2.05, 4.69) is 4.98 Å². The Bertz CT molecular complexity index is 1290. The van der Waals surface area contributed by atoms with Crippen LogP contribution in [0.1, 0.15) is 25.1 Å². The van der Waals surface area contributed by atoms with Gasteiger partial charge in [-0.05, 0) is 55.3 Å². The van der Waals surface area contributed by atoms with Gasteiger partial charge in [-0.15, -0.1) is 0 Å². The number of hydrogen-bond acceptors (Lipinski definition) is 3. The van der Waals surface area contributed by atoms with Crippen LogP contribution in [0, 0.1) is 0 Å². The average molecular weight is 452 g/mol. The van der Waals surface area contributed by atoms with Crippen LogP contribution in [-0.4, -0.2) is 21.8 Å².